The van der Waals surface area contributed by atoms with E-state index in [1.54, 1.807) is 12.3 Å². The predicted molar refractivity (Wildman–Crippen MR) is 64.6 cm³/mol. The van der Waals surface area contributed by atoms with E-state index in [0.717, 1.165) is 31.4 Å². The molecule has 1 fully saturated rings. The Labute approximate surface area is 100 Å². The van der Waals surface area contributed by atoms with E-state index in [-0.39, 0.29) is 11.8 Å². The van der Waals surface area contributed by atoms with Crippen LogP contribution in [-0.4, -0.2) is 28.1 Å². The Morgan fingerprint density at radius 3 is 2.76 bits per heavy atom. The fourth-order valence-corrected chi connectivity index (χ4v) is 2.11. The van der Waals surface area contributed by atoms with E-state index in [9.17, 15) is 9.90 Å². The third-order valence-electron chi connectivity index (χ3n) is 3.08. The second-order valence-corrected chi connectivity index (χ2v) is 4.44. The van der Waals surface area contributed by atoms with Crippen LogP contribution in [0.3, 0.4) is 0 Å². The lowest BCUT2D eigenvalue weighted by Gasteiger charge is -2.27. The Balaban J connectivity index is 1.98. The minimum Gasteiger partial charge on any atom is -0.393 e. The van der Waals surface area contributed by atoms with Crippen LogP contribution >= 0.6 is 0 Å². The normalized spacial score (nSPS) is 24.3. The third kappa shape index (κ3) is 3.17. The van der Waals surface area contributed by atoms with Gasteiger partial charge in [-0.2, -0.15) is 0 Å². The van der Waals surface area contributed by atoms with E-state index in [2.05, 4.69) is 10.3 Å². The van der Waals surface area contributed by atoms with Crippen LogP contribution < -0.4 is 11.1 Å². The highest BCUT2D eigenvalue weighted by Crippen LogP contribution is 2.22. The number of nitrogens with two attached hydrogens (primary N) is 1. The number of nitrogens with one attached hydrogen (secondary N) is 1. The van der Waals surface area contributed by atoms with Crippen molar-refractivity contribution in [1.82, 2.24) is 4.98 Å². The van der Waals surface area contributed by atoms with Gasteiger partial charge >= 0.3 is 0 Å². The number of aromatic nitrogens is 1. The van der Waals surface area contributed by atoms with E-state index < -0.39 is 5.91 Å². The van der Waals surface area contributed by atoms with Crippen molar-refractivity contribution in [1.29, 1.82) is 0 Å². The standard InChI is InChI=1S/C12H17N3O2/c13-12(17)11-7-9(5-6-14-11)15-8-1-3-10(16)4-2-8/h5-8,10,16H,1-4H2,(H2,13,17)(H,14,15). The second kappa shape index (κ2) is 5.14. The first-order valence-electron chi connectivity index (χ1n) is 5.85. The molecule has 0 unspecified atom stereocenters. The molecular weight excluding hydrogens is 218 g/mol. The van der Waals surface area contributed by atoms with Crippen molar-refractivity contribution in [2.24, 2.45) is 5.73 Å². The summed E-state index contributed by atoms with van der Waals surface area (Å²) in [4.78, 5) is 14.9. The first-order chi connectivity index (χ1) is 8.15. The number of rotatable bonds is 3. The molecule has 2 rings (SSSR count). The Hall–Kier alpha value is -1.62. The molecule has 0 bridgehead atoms. The van der Waals surface area contributed by atoms with Crippen LogP contribution in [0.2, 0.25) is 0 Å². The number of hydrogen-bond acceptors (Lipinski definition) is 4. The fraction of sp³-hybridized carbons (Fsp3) is 0.500. The number of nitrogens with zero attached hydrogens (tertiary/aromatic N) is 1. The molecule has 1 aliphatic rings. The summed E-state index contributed by atoms with van der Waals surface area (Å²) in [5.74, 6) is -0.521. The average molecular weight is 235 g/mol. The molecule has 1 aromatic rings. The molecule has 1 aliphatic carbocycles. The summed E-state index contributed by atoms with van der Waals surface area (Å²) in [6.45, 7) is 0. The summed E-state index contributed by atoms with van der Waals surface area (Å²) >= 11 is 0. The molecule has 0 aromatic carbocycles. The zero-order valence-corrected chi connectivity index (χ0v) is 9.60. The molecule has 92 valence electrons. The van der Waals surface area contributed by atoms with Crippen molar-refractivity contribution in [3.8, 4) is 0 Å². The van der Waals surface area contributed by atoms with Gasteiger partial charge in [0.1, 0.15) is 5.69 Å². The van der Waals surface area contributed by atoms with Crippen molar-refractivity contribution in [3.63, 3.8) is 0 Å². The smallest absolute Gasteiger partial charge is 0.267 e. The monoisotopic (exact) mass is 235 g/mol. The van der Waals surface area contributed by atoms with Crippen molar-refractivity contribution >= 4 is 11.6 Å². The highest BCUT2D eigenvalue weighted by molar-refractivity contribution is 5.91. The van der Waals surface area contributed by atoms with Gasteiger partial charge in [0, 0.05) is 17.9 Å². The zero-order valence-electron chi connectivity index (χ0n) is 9.60. The van der Waals surface area contributed by atoms with Gasteiger partial charge in [0.05, 0.1) is 6.10 Å². The topological polar surface area (TPSA) is 88.2 Å². The van der Waals surface area contributed by atoms with Crippen LogP contribution in [0.5, 0.6) is 0 Å². The van der Waals surface area contributed by atoms with Gasteiger partial charge in [-0.1, -0.05) is 0 Å². The van der Waals surface area contributed by atoms with Gasteiger partial charge in [0.15, 0.2) is 0 Å². The Kier molecular flexibility index (Phi) is 3.58. The molecule has 17 heavy (non-hydrogen) atoms. The molecule has 1 amide bonds. The lowest BCUT2D eigenvalue weighted by molar-refractivity contribution is 0.0995. The quantitative estimate of drug-likeness (QED) is 0.726. The molecule has 0 radical (unpaired) electrons. The van der Waals surface area contributed by atoms with Gasteiger partial charge in [0.25, 0.3) is 5.91 Å². The Bertz CT molecular complexity index is 400. The van der Waals surface area contributed by atoms with Crippen LogP contribution in [0, 0.1) is 0 Å². The summed E-state index contributed by atoms with van der Waals surface area (Å²) in [5, 5.41) is 12.7. The number of aliphatic hydroxyl groups excluding tert-OH is 1. The molecule has 5 heteroatoms. The zero-order chi connectivity index (χ0) is 12.3. The van der Waals surface area contributed by atoms with Crippen molar-refractivity contribution < 1.29 is 9.90 Å². The SMILES string of the molecule is NC(=O)c1cc(NC2CCC(O)CC2)ccn1. The highest BCUT2D eigenvalue weighted by atomic mass is 16.3. The molecular formula is C12H17N3O2. The van der Waals surface area contributed by atoms with Gasteiger partial charge in [0.2, 0.25) is 0 Å². The first-order valence-corrected chi connectivity index (χ1v) is 5.85. The summed E-state index contributed by atoms with van der Waals surface area (Å²) in [7, 11) is 0. The van der Waals surface area contributed by atoms with Gasteiger partial charge in [-0.3, -0.25) is 9.78 Å². The van der Waals surface area contributed by atoms with Crippen LogP contribution in [0.25, 0.3) is 0 Å². The number of aliphatic hydroxyl groups is 1. The number of hydrogen-bond donors (Lipinski definition) is 3. The summed E-state index contributed by atoms with van der Waals surface area (Å²) in [6, 6.07) is 3.83. The van der Waals surface area contributed by atoms with Gasteiger partial charge in [-0.15, -0.1) is 0 Å². The third-order valence-corrected chi connectivity index (χ3v) is 3.08. The average Bonchev–Trinajstić information content (AvgIpc) is 2.32. The van der Waals surface area contributed by atoms with Crippen LogP contribution in [-0.2, 0) is 0 Å². The number of carbonyl (C=O) groups excluding carboxylic acids is 1. The van der Waals surface area contributed by atoms with Gasteiger partial charge in [-0.25, -0.2) is 0 Å². The predicted octanol–water partition coefficient (Wildman–Crippen LogP) is 0.896. The van der Waals surface area contributed by atoms with E-state index in [1.165, 1.54) is 0 Å². The second-order valence-electron chi connectivity index (χ2n) is 4.44. The minimum absolute atomic E-state index is 0.160. The van der Waals surface area contributed by atoms with Crippen LogP contribution in [0.15, 0.2) is 18.3 Å². The number of anilines is 1. The molecule has 0 atom stereocenters. The Morgan fingerprint density at radius 1 is 1.41 bits per heavy atom. The molecule has 1 saturated carbocycles. The number of primary amides is 1. The lowest BCUT2D eigenvalue weighted by Crippen LogP contribution is -2.28. The van der Waals surface area contributed by atoms with Crippen molar-refractivity contribution in [2.75, 3.05) is 5.32 Å². The summed E-state index contributed by atoms with van der Waals surface area (Å²) < 4.78 is 0. The van der Waals surface area contributed by atoms with Crippen LogP contribution in [0.4, 0.5) is 5.69 Å². The van der Waals surface area contributed by atoms with Gasteiger partial charge < -0.3 is 16.2 Å². The summed E-state index contributed by atoms with van der Waals surface area (Å²) in [6.07, 6.45) is 4.94. The number of carbonyl (C=O) groups is 1. The van der Waals surface area contributed by atoms with E-state index >= 15 is 0 Å². The number of pyridine rings is 1. The molecule has 0 aliphatic heterocycles. The molecule has 1 heterocycles. The first kappa shape index (κ1) is 11.9. The summed E-state index contributed by atoms with van der Waals surface area (Å²) in [5.41, 5.74) is 6.30. The van der Waals surface area contributed by atoms with Crippen molar-refractivity contribution in [2.45, 2.75) is 37.8 Å². The maximum atomic E-state index is 11.0. The lowest BCUT2D eigenvalue weighted by atomic mass is 9.93. The maximum Gasteiger partial charge on any atom is 0.267 e. The Morgan fingerprint density at radius 2 is 2.12 bits per heavy atom. The highest BCUT2D eigenvalue weighted by Gasteiger charge is 2.19. The maximum absolute atomic E-state index is 11.0. The molecule has 4 N–H and O–H groups in total. The van der Waals surface area contributed by atoms with Crippen LogP contribution in [0.1, 0.15) is 36.2 Å². The van der Waals surface area contributed by atoms with Gasteiger partial charge in [-0.05, 0) is 37.8 Å². The molecule has 1 aromatic heterocycles. The fourth-order valence-electron chi connectivity index (χ4n) is 2.11. The minimum atomic E-state index is -0.521. The van der Waals surface area contributed by atoms with E-state index in [4.69, 9.17) is 5.73 Å². The van der Waals surface area contributed by atoms with E-state index in [1.807, 2.05) is 6.07 Å². The molecule has 0 spiro atoms. The molecule has 5 nitrogen and oxygen atoms in total. The largest absolute Gasteiger partial charge is 0.393 e. The van der Waals surface area contributed by atoms with Crippen molar-refractivity contribution in [3.05, 3.63) is 24.0 Å². The van der Waals surface area contributed by atoms with E-state index in [0.29, 0.717) is 6.04 Å². The number of amides is 1. The molecule has 0 saturated heterocycles.